The van der Waals surface area contributed by atoms with Gasteiger partial charge in [0.15, 0.2) is 17.5 Å². The van der Waals surface area contributed by atoms with Crippen LogP contribution in [0.4, 0.5) is 0 Å². The van der Waals surface area contributed by atoms with E-state index in [1.165, 1.54) is 10.8 Å². The van der Waals surface area contributed by atoms with Crippen molar-refractivity contribution in [2.24, 2.45) is 0 Å². The fraction of sp³-hybridized carbons (Fsp3) is 0. The molecule has 0 radical (unpaired) electrons. The van der Waals surface area contributed by atoms with Gasteiger partial charge in [-0.05, 0) is 63.7 Å². The van der Waals surface area contributed by atoms with Crippen LogP contribution in [0.5, 0.6) is 0 Å². The number of hydrogen-bond donors (Lipinski definition) is 0. The van der Waals surface area contributed by atoms with E-state index in [1.807, 2.05) is 60.8 Å². The van der Waals surface area contributed by atoms with Crippen LogP contribution in [-0.2, 0) is 0 Å². The van der Waals surface area contributed by atoms with Gasteiger partial charge in [-0.1, -0.05) is 97.1 Å². The number of nitrogens with zero attached hydrogens (tertiary/aromatic N) is 4. The number of fused-ring (bicyclic) bond motifs is 5. The van der Waals surface area contributed by atoms with E-state index < -0.39 is 0 Å². The second-order valence-electron chi connectivity index (χ2n) is 11.2. The van der Waals surface area contributed by atoms with Crippen LogP contribution >= 0.6 is 0 Å². The maximum atomic E-state index is 6.47. The minimum atomic E-state index is 0.598. The molecule has 0 aliphatic rings. The zero-order chi connectivity index (χ0) is 29.7. The first-order chi connectivity index (χ1) is 22.3. The quantitative estimate of drug-likeness (QED) is 0.209. The topological polar surface area (TPSA) is 64.7 Å². The normalized spacial score (nSPS) is 11.6. The lowest BCUT2D eigenvalue weighted by molar-refractivity contribution is 0.669. The molecule has 9 aromatic rings. The number of pyridine rings is 1. The van der Waals surface area contributed by atoms with Crippen molar-refractivity contribution in [2.45, 2.75) is 0 Å². The Balaban J connectivity index is 1.23. The van der Waals surface area contributed by atoms with E-state index >= 15 is 0 Å². The minimum absolute atomic E-state index is 0.598. The molecule has 0 amide bonds. The molecule has 3 heterocycles. The molecular weight excluding hydrogens is 552 g/mol. The Kier molecular flexibility index (Phi) is 5.74. The number of rotatable bonds is 4. The van der Waals surface area contributed by atoms with Gasteiger partial charge in [0, 0.05) is 45.2 Å². The average molecular weight is 577 g/mol. The first-order valence-electron chi connectivity index (χ1n) is 14.9. The number of furan rings is 1. The third-order valence-corrected chi connectivity index (χ3v) is 8.39. The van der Waals surface area contributed by atoms with E-state index in [0.29, 0.717) is 17.5 Å². The van der Waals surface area contributed by atoms with E-state index in [2.05, 4.69) is 83.8 Å². The standard InChI is InChI=1S/C40H24N4O/c1-2-8-26(9-3-1)38-42-39(31-15-16-32-24-41-20-19-30(32)22-31)44-40(43-38)34-11-6-12-35-37(34)33-18-17-29(23-36(33)45-35)28-14-13-25-7-4-5-10-27(25)21-28/h1-24H. The Hall–Kier alpha value is -6.20. The summed E-state index contributed by atoms with van der Waals surface area (Å²) in [6.07, 6.45) is 3.67. The highest BCUT2D eigenvalue weighted by molar-refractivity contribution is 6.12. The summed E-state index contributed by atoms with van der Waals surface area (Å²) in [6, 6.07) is 45.7. The van der Waals surface area contributed by atoms with Gasteiger partial charge in [0.2, 0.25) is 0 Å². The summed E-state index contributed by atoms with van der Waals surface area (Å²) in [7, 11) is 0. The smallest absolute Gasteiger partial charge is 0.164 e. The third kappa shape index (κ3) is 4.41. The Morgan fingerprint density at radius 1 is 0.422 bits per heavy atom. The molecule has 0 bridgehead atoms. The van der Waals surface area contributed by atoms with E-state index in [4.69, 9.17) is 19.4 Å². The number of benzene rings is 6. The molecule has 5 heteroatoms. The number of hydrogen-bond acceptors (Lipinski definition) is 5. The molecule has 0 N–H and O–H groups in total. The average Bonchev–Trinajstić information content (AvgIpc) is 3.49. The maximum Gasteiger partial charge on any atom is 0.164 e. The summed E-state index contributed by atoms with van der Waals surface area (Å²) in [5.41, 5.74) is 6.61. The third-order valence-electron chi connectivity index (χ3n) is 8.39. The van der Waals surface area contributed by atoms with Gasteiger partial charge in [-0.25, -0.2) is 15.0 Å². The van der Waals surface area contributed by atoms with Crippen molar-refractivity contribution in [2.75, 3.05) is 0 Å². The van der Waals surface area contributed by atoms with Gasteiger partial charge in [-0.15, -0.1) is 0 Å². The van der Waals surface area contributed by atoms with E-state index in [1.54, 1.807) is 6.20 Å². The van der Waals surface area contributed by atoms with Crippen molar-refractivity contribution in [1.29, 1.82) is 0 Å². The van der Waals surface area contributed by atoms with Crippen LogP contribution in [0.25, 0.3) is 88.8 Å². The molecule has 3 aromatic heterocycles. The molecule has 0 saturated carbocycles. The predicted octanol–water partition coefficient (Wildman–Crippen LogP) is 10.1. The Morgan fingerprint density at radius 2 is 1.11 bits per heavy atom. The fourth-order valence-electron chi connectivity index (χ4n) is 6.12. The summed E-state index contributed by atoms with van der Waals surface area (Å²) in [5, 5.41) is 6.59. The minimum Gasteiger partial charge on any atom is -0.456 e. The molecule has 9 rings (SSSR count). The van der Waals surface area contributed by atoms with Crippen molar-refractivity contribution >= 4 is 43.5 Å². The van der Waals surface area contributed by atoms with Gasteiger partial charge in [0.1, 0.15) is 11.2 Å². The monoisotopic (exact) mass is 576 g/mol. The van der Waals surface area contributed by atoms with Gasteiger partial charge in [0.25, 0.3) is 0 Å². The summed E-state index contributed by atoms with van der Waals surface area (Å²) in [5.74, 6) is 1.83. The van der Waals surface area contributed by atoms with E-state index in [-0.39, 0.29) is 0 Å². The second-order valence-corrected chi connectivity index (χ2v) is 11.2. The van der Waals surface area contributed by atoms with Crippen molar-refractivity contribution < 1.29 is 4.42 Å². The summed E-state index contributed by atoms with van der Waals surface area (Å²) >= 11 is 0. The molecule has 6 aromatic carbocycles. The fourth-order valence-corrected chi connectivity index (χ4v) is 6.12. The first kappa shape index (κ1) is 25.3. The lowest BCUT2D eigenvalue weighted by Gasteiger charge is -2.10. The predicted molar refractivity (Wildman–Crippen MR) is 182 cm³/mol. The zero-order valence-electron chi connectivity index (χ0n) is 24.1. The maximum absolute atomic E-state index is 6.47. The lowest BCUT2D eigenvalue weighted by Crippen LogP contribution is -2.00. The van der Waals surface area contributed by atoms with E-state index in [0.717, 1.165) is 60.5 Å². The lowest BCUT2D eigenvalue weighted by atomic mass is 9.99. The first-order valence-corrected chi connectivity index (χ1v) is 14.9. The van der Waals surface area contributed by atoms with Gasteiger partial charge >= 0.3 is 0 Å². The van der Waals surface area contributed by atoms with Crippen molar-refractivity contribution in [1.82, 2.24) is 19.9 Å². The Bertz CT molecular complexity index is 2550. The Morgan fingerprint density at radius 3 is 2.02 bits per heavy atom. The van der Waals surface area contributed by atoms with E-state index in [9.17, 15) is 0 Å². The van der Waals surface area contributed by atoms with Crippen molar-refractivity contribution in [3.8, 4) is 45.3 Å². The largest absolute Gasteiger partial charge is 0.456 e. The molecule has 0 fully saturated rings. The molecule has 0 aliphatic carbocycles. The van der Waals surface area contributed by atoms with Crippen LogP contribution in [0.2, 0.25) is 0 Å². The molecule has 0 spiro atoms. The van der Waals surface area contributed by atoms with Gasteiger partial charge in [-0.3, -0.25) is 4.98 Å². The molecule has 45 heavy (non-hydrogen) atoms. The molecule has 5 nitrogen and oxygen atoms in total. The highest BCUT2D eigenvalue weighted by Crippen LogP contribution is 2.38. The molecular formula is C40H24N4O. The van der Waals surface area contributed by atoms with Gasteiger partial charge < -0.3 is 4.42 Å². The summed E-state index contributed by atoms with van der Waals surface area (Å²) in [6.45, 7) is 0. The molecule has 0 aliphatic heterocycles. The van der Waals surface area contributed by atoms with Crippen LogP contribution in [0, 0.1) is 0 Å². The van der Waals surface area contributed by atoms with Crippen LogP contribution in [-0.4, -0.2) is 19.9 Å². The summed E-state index contributed by atoms with van der Waals surface area (Å²) in [4.78, 5) is 19.3. The van der Waals surface area contributed by atoms with Crippen LogP contribution < -0.4 is 0 Å². The second kappa shape index (κ2) is 10.2. The van der Waals surface area contributed by atoms with Crippen molar-refractivity contribution in [3.63, 3.8) is 0 Å². The highest BCUT2D eigenvalue weighted by Gasteiger charge is 2.18. The van der Waals surface area contributed by atoms with Crippen LogP contribution in [0.1, 0.15) is 0 Å². The van der Waals surface area contributed by atoms with Crippen LogP contribution in [0.15, 0.2) is 150 Å². The number of aromatic nitrogens is 4. The highest BCUT2D eigenvalue weighted by atomic mass is 16.3. The zero-order valence-corrected chi connectivity index (χ0v) is 24.1. The van der Waals surface area contributed by atoms with Crippen LogP contribution in [0.3, 0.4) is 0 Å². The SMILES string of the molecule is c1ccc(-c2nc(-c3ccc4cnccc4c3)nc(-c3cccc4oc5cc(-c6ccc7ccccc7c6)ccc5c34)n2)cc1. The molecule has 210 valence electrons. The molecule has 0 saturated heterocycles. The molecule has 0 unspecified atom stereocenters. The summed E-state index contributed by atoms with van der Waals surface area (Å²) < 4.78 is 6.47. The van der Waals surface area contributed by atoms with Gasteiger partial charge in [-0.2, -0.15) is 0 Å². The van der Waals surface area contributed by atoms with Gasteiger partial charge in [0.05, 0.1) is 0 Å². The van der Waals surface area contributed by atoms with Crippen molar-refractivity contribution in [3.05, 3.63) is 146 Å². The Labute approximate surface area is 258 Å². The molecule has 0 atom stereocenters.